The Morgan fingerprint density at radius 1 is 1.40 bits per heavy atom. The van der Waals surface area contributed by atoms with E-state index in [1.54, 1.807) is 0 Å². The standard InChI is InChI=1S/C17H26N2O/c1-12-4-5-13(2)15(8-12)9-17(20)19-11-16-10-18-7-6-14(16)3/h4-5,8,14,16,18H,6-7,9-11H2,1-3H3,(H,19,20). The van der Waals surface area contributed by atoms with Crippen LogP contribution in [-0.4, -0.2) is 25.5 Å². The number of carbonyl (C=O) groups is 1. The van der Waals surface area contributed by atoms with Crippen molar-refractivity contribution in [2.24, 2.45) is 11.8 Å². The minimum atomic E-state index is 0.136. The summed E-state index contributed by atoms with van der Waals surface area (Å²) < 4.78 is 0. The SMILES string of the molecule is Cc1ccc(C)c(CC(=O)NCC2CNCCC2C)c1. The van der Waals surface area contributed by atoms with E-state index < -0.39 is 0 Å². The third kappa shape index (κ3) is 4.07. The van der Waals surface area contributed by atoms with Crippen LogP contribution in [0, 0.1) is 25.7 Å². The van der Waals surface area contributed by atoms with Crippen LogP contribution in [0.4, 0.5) is 0 Å². The van der Waals surface area contributed by atoms with Gasteiger partial charge < -0.3 is 10.6 Å². The zero-order chi connectivity index (χ0) is 14.5. The van der Waals surface area contributed by atoms with Gasteiger partial charge in [-0.15, -0.1) is 0 Å². The molecule has 2 unspecified atom stereocenters. The number of amides is 1. The molecule has 2 atom stereocenters. The molecule has 2 rings (SSSR count). The molecule has 0 bridgehead atoms. The maximum atomic E-state index is 12.1. The zero-order valence-corrected chi connectivity index (χ0v) is 12.8. The van der Waals surface area contributed by atoms with Gasteiger partial charge in [0.1, 0.15) is 0 Å². The van der Waals surface area contributed by atoms with Crippen LogP contribution in [0.15, 0.2) is 18.2 Å². The van der Waals surface area contributed by atoms with Gasteiger partial charge in [0.15, 0.2) is 0 Å². The van der Waals surface area contributed by atoms with Gasteiger partial charge in [-0.05, 0) is 56.3 Å². The minimum absolute atomic E-state index is 0.136. The van der Waals surface area contributed by atoms with Crippen LogP contribution in [0.3, 0.4) is 0 Å². The predicted molar refractivity (Wildman–Crippen MR) is 82.8 cm³/mol. The summed E-state index contributed by atoms with van der Waals surface area (Å²) in [6.07, 6.45) is 1.69. The van der Waals surface area contributed by atoms with Crippen LogP contribution in [-0.2, 0) is 11.2 Å². The molecule has 1 fully saturated rings. The van der Waals surface area contributed by atoms with E-state index in [-0.39, 0.29) is 5.91 Å². The molecule has 0 spiro atoms. The first kappa shape index (κ1) is 15.0. The van der Waals surface area contributed by atoms with Crippen molar-refractivity contribution in [2.75, 3.05) is 19.6 Å². The van der Waals surface area contributed by atoms with E-state index in [0.717, 1.165) is 25.2 Å². The van der Waals surface area contributed by atoms with Crippen molar-refractivity contribution in [3.63, 3.8) is 0 Å². The molecule has 1 amide bonds. The van der Waals surface area contributed by atoms with E-state index in [0.29, 0.717) is 18.3 Å². The van der Waals surface area contributed by atoms with Crippen molar-refractivity contribution < 1.29 is 4.79 Å². The van der Waals surface area contributed by atoms with Crippen LogP contribution in [0.25, 0.3) is 0 Å². The number of benzene rings is 1. The third-order valence-corrected chi connectivity index (χ3v) is 4.40. The summed E-state index contributed by atoms with van der Waals surface area (Å²) >= 11 is 0. The molecule has 0 aromatic heterocycles. The second-order valence-electron chi connectivity index (χ2n) is 6.14. The Kier molecular flexibility index (Phi) is 5.18. The lowest BCUT2D eigenvalue weighted by Crippen LogP contribution is -2.42. The fraction of sp³-hybridized carbons (Fsp3) is 0.588. The summed E-state index contributed by atoms with van der Waals surface area (Å²) in [6, 6.07) is 6.29. The molecule has 3 heteroatoms. The Morgan fingerprint density at radius 3 is 2.95 bits per heavy atom. The summed E-state index contributed by atoms with van der Waals surface area (Å²) in [5, 5.41) is 6.50. The smallest absolute Gasteiger partial charge is 0.224 e. The normalized spacial score (nSPS) is 22.6. The average molecular weight is 274 g/mol. The Hall–Kier alpha value is -1.35. The highest BCUT2D eigenvalue weighted by Gasteiger charge is 2.21. The number of hydrogen-bond acceptors (Lipinski definition) is 2. The van der Waals surface area contributed by atoms with Crippen LogP contribution >= 0.6 is 0 Å². The molecule has 2 N–H and O–H groups in total. The topological polar surface area (TPSA) is 41.1 Å². The van der Waals surface area contributed by atoms with Gasteiger partial charge in [-0.3, -0.25) is 4.79 Å². The maximum Gasteiger partial charge on any atom is 0.224 e. The number of hydrogen-bond donors (Lipinski definition) is 2. The second-order valence-corrected chi connectivity index (χ2v) is 6.14. The van der Waals surface area contributed by atoms with E-state index >= 15 is 0 Å². The minimum Gasteiger partial charge on any atom is -0.355 e. The van der Waals surface area contributed by atoms with E-state index in [1.807, 2.05) is 0 Å². The molecular formula is C17H26N2O. The lowest BCUT2D eigenvalue weighted by Gasteiger charge is -2.29. The van der Waals surface area contributed by atoms with Gasteiger partial charge in [-0.25, -0.2) is 0 Å². The van der Waals surface area contributed by atoms with Crippen molar-refractivity contribution in [1.82, 2.24) is 10.6 Å². The van der Waals surface area contributed by atoms with Crippen molar-refractivity contribution >= 4 is 5.91 Å². The Bertz CT molecular complexity index is 470. The van der Waals surface area contributed by atoms with Crippen molar-refractivity contribution in [2.45, 2.75) is 33.6 Å². The first-order chi connectivity index (χ1) is 9.56. The Morgan fingerprint density at radius 2 is 2.20 bits per heavy atom. The summed E-state index contributed by atoms with van der Waals surface area (Å²) in [4.78, 5) is 12.1. The summed E-state index contributed by atoms with van der Waals surface area (Å²) in [7, 11) is 0. The molecular weight excluding hydrogens is 248 g/mol. The van der Waals surface area contributed by atoms with Crippen molar-refractivity contribution in [3.8, 4) is 0 Å². The molecule has 1 aliphatic rings. The highest BCUT2D eigenvalue weighted by Crippen LogP contribution is 2.17. The Balaban J connectivity index is 1.84. The molecule has 1 aromatic rings. The molecule has 20 heavy (non-hydrogen) atoms. The van der Waals surface area contributed by atoms with Gasteiger partial charge in [0, 0.05) is 6.54 Å². The Labute approximate surface area is 122 Å². The van der Waals surface area contributed by atoms with E-state index in [4.69, 9.17) is 0 Å². The van der Waals surface area contributed by atoms with Gasteiger partial charge in [-0.2, -0.15) is 0 Å². The van der Waals surface area contributed by atoms with Gasteiger partial charge in [0.2, 0.25) is 5.91 Å². The van der Waals surface area contributed by atoms with Crippen LogP contribution in [0.1, 0.15) is 30.0 Å². The summed E-state index contributed by atoms with van der Waals surface area (Å²) in [5.74, 6) is 1.39. The number of aryl methyl sites for hydroxylation is 2. The van der Waals surface area contributed by atoms with Crippen LogP contribution in [0.5, 0.6) is 0 Å². The number of nitrogens with one attached hydrogen (secondary N) is 2. The highest BCUT2D eigenvalue weighted by molar-refractivity contribution is 5.79. The monoisotopic (exact) mass is 274 g/mol. The van der Waals surface area contributed by atoms with E-state index in [1.165, 1.54) is 17.5 Å². The predicted octanol–water partition coefficient (Wildman–Crippen LogP) is 2.21. The van der Waals surface area contributed by atoms with Gasteiger partial charge in [-0.1, -0.05) is 30.7 Å². The van der Waals surface area contributed by atoms with Crippen molar-refractivity contribution in [3.05, 3.63) is 34.9 Å². The quantitative estimate of drug-likeness (QED) is 0.884. The fourth-order valence-corrected chi connectivity index (χ4v) is 2.80. The number of carbonyl (C=O) groups excluding carboxylic acids is 1. The van der Waals surface area contributed by atoms with Gasteiger partial charge in [0.05, 0.1) is 6.42 Å². The molecule has 1 heterocycles. The molecule has 0 saturated carbocycles. The zero-order valence-electron chi connectivity index (χ0n) is 12.8. The van der Waals surface area contributed by atoms with Crippen LogP contribution in [0.2, 0.25) is 0 Å². The largest absolute Gasteiger partial charge is 0.355 e. The average Bonchev–Trinajstić information content (AvgIpc) is 2.42. The first-order valence-electron chi connectivity index (χ1n) is 7.60. The molecule has 0 radical (unpaired) electrons. The third-order valence-electron chi connectivity index (χ3n) is 4.40. The molecule has 1 aromatic carbocycles. The number of rotatable bonds is 4. The number of piperidine rings is 1. The van der Waals surface area contributed by atoms with E-state index in [2.05, 4.69) is 49.6 Å². The van der Waals surface area contributed by atoms with Gasteiger partial charge >= 0.3 is 0 Å². The molecule has 3 nitrogen and oxygen atoms in total. The summed E-state index contributed by atoms with van der Waals surface area (Å²) in [6.45, 7) is 9.32. The van der Waals surface area contributed by atoms with Gasteiger partial charge in [0.25, 0.3) is 0 Å². The van der Waals surface area contributed by atoms with Crippen molar-refractivity contribution in [1.29, 1.82) is 0 Å². The molecule has 1 aliphatic heterocycles. The second kappa shape index (κ2) is 6.89. The first-order valence-corrected chi connectivity index (χ1v) is 7.60. The molecule has 1 saturated heterocycles. The molecule has 110 valence electrons. The highest BCUT2D eigenvalue weighted by atomic mass is 16.1. The molecule has 0 aliphatic carbocycles. The maximum absolute atomic E-state index is 12.1. The van der Waals surface area contributed by atoms with Crippen LogP contribution < -0.4 is 10.6 Å². The lowest BCUT2D eigenvalue weighted by molar-refractivity contribution is -0.120. The lowest BCUT2D eigenvalue weighted by atomic mass is 9.88. The summed E-state index contributed by atoms with van der Waals surface area (Å²) in [5.41, 5.74) is 3.54. The van der Waals surface area contributed by atoms with E-state index in [9.17, 15) is 4.79 Å². The fourth-order valence-electron chi connectivity index (χ4n) is 2.80.